The highest BCUT2D eigenvalue weighted by Crippen LogP contribution is 1.98. The predicted molar refractivity (Wildman–Crippen MR) is 78.0 cm³/mol. The highest BCUT2D eigenvalue weighted by molar-refractivity contribution is 5.90. The number of carbonyl (C=O) groups excluding carboxylic acids is 3. The first-order valence-corrected chi connectivity index (χ1v) is 6.98. The fourth-order valence-electron chi connectivity index (χ4n) is 1.59. The summed E-state index contributed by atoms with van der Waals surface area (Å²) in [4.78, 5) is 44.2. The molecule has 8 heteroatoms. The minimum Gasteiger partial charge on any atom is -0.451 e. The zero-order valence-electron chi connectivity index (χ0n) is 13.0. The molecule has 0 radical (unpaired) electrons. The van der Waals surface area contributed by atoms with Crippen LogP contribution in [0.1, 0.15) is 30.0 Å². The van der Waals surface area contributed by atoms with E-state index in [1.165, 1.54) is 17.3 Å². The Labute approximate surface area is 128 Å². The van der Waals surface area contributed by atoms with Crippen LogP contribution in [0, 0.1) is 6.92 Å². The normalized spacial score (nSPS) is 9.95. The molecule has 0 atom stereocenters. The van der Waals surface area contributed by atoms with E-state index in [9.17, 15) is 14.4 Å². The lowest BCUT2D eigenvalue weighted by Gasteiger charge is -2.19. The van der Waals surface area contributed by atoms with Gasteiger partial charge in [-0.3, -0.25) is 14.6 Å². The number of aryl methyl sites for hydroxylation is 1. The average molecular weight is 308 g/mol. The molecule has 1 aromatic heterocycles. The molecule has 0 aromatic carbocycles. The van der Waals surface area contributed by atoms with Crippen molar-refractivity contribution < 1.29 is 19.1 Å². The SMILES string of the molecule is CCNC(=O)CN(CC)C(=O)COC(=O)c1cnc(C)cn1. The molecule has 2 amide bonds. The Morgan fingerprint density at radius 3 is 2.50 bits per heavy atom. The van der Waals surface area contributed by atoms with Gasteiger partial charge in [0.15, 0.2) is 12.3 Å². The van der Waals surface area contributed by atoms with Gasteiger partial charge in [0.25, 0.3) is 5.91 Å². The summed E-state index contributed by atoms with van der Waals surface area (Å²) in [5.74, 6) is -1.43. The number of amides is 2. The van der Waals surface area contributed by atoms with Gasteiger partial charge >= 0.3 is 5.97 Å². The highest BCUT2D eigenvalue weighted by Gasteiger charge is 2.18. The van der Waals surface area contributed by atoms with Gasteiger partial charge in [0, 0.05) is 19.3 Å². The number of likely N-dealkylation sites (N-methyl/N-ethyl adjacent to an activating group) is 2. The van der Waals surface area contributed by atoms with Crippen molar-refractivity contribution in [3.8, 4) is 0 Å². The van der Waals surface area contributed by atoms with E-state index in [-0.39, 0.29) is 18.1 Å². The van der Waals surface area contributed by atoms with Crippen molar-refractivity contribution in [3.05, 3.63) is 23.8 Å². The molecule has 0 unspecified atom stereocenters. The smallest absolute Gasteiger partial charge is 0.359 e. The van der Waals surface area contributed by atoms with Crippen molar-refractivity contribution >= 4 is 17.8 Å². The maximum Gasteiger partial charge on any atom is 0.359 e. The zero-order valence-corrected chi connectivity index (χ0v) is 13.0. The van der Waals surface area contributed by atoms with Crippen molar-refractivity contribution in [2.24, 2.45) is 0 Å². The minimum atomic E-state index is -0.727. The van der Waals surface area contributed by atoms with Crippen molar-refractivity contribution in [2.75, 3.05) is 26.2 Å². The van der Waals surface area contributed by atoms with Gasteiger partial charge in [-0.2, -0.15) is 0 Å². The number of carbonyl (C=O) groups is 3. The maximum absolute atomic E-state index is 11.9. The average Bonchev–Trinajstić information content (AvgIpc) is 2.50. The first kappa shape index (κ1) is 17.5. The Hall–Kier alpha value is -2.51. The van der Waals surface area contributed by atoms with Gasteiger partial charge in [0.05, 0.1) is 18.4 Å². The van der Waals surface area contributed by atoms with Crippen LogP contribution in [0.25, 0.3) is 0 Å². The third kappa shape index (κ3) is 5.47. The van der Waals surface area contributed by atoms with E-state index >= 15 is 0 Å². The molecule has 0 saturated carbocycles. The van der Waals surface area contributed by atoms with Gasteiger partial charge in [-0.05, 0) is 20.8 Å². The first-order chi connectivity index (χ1) is 10.5. The topological polar surface area (TPSA) is 101 Å². The molecule has 0 spiro atoms. The molecule has 1 aromatic rings. The largest absolute Gasteiger partial charge is 0.451 e. The van der Waals surface area contributed by atoms with E-state index < -0.39 is 18.5 Å². The summed E-state index contributed by atoms with van der Waals surface area (Å²) in [5.41, 5.74) is 0.705. The number of esters is 1. The predicted octanol–water partition coefficient (Wildman–Crippen LogP) is -0.0736. The number of hydrogen-bond donors (Lipinski definition) is 1. The van der Waals surface area contributed by atoms with Gasteiger partial charge in [-0.1, -0.05) is 0 Å². The molecule has 0 fully saturated rings. The van der Waals surface area contributed by atoms with E-state index in [0.29, 0.717) is 18.8 Å². The lowest BCUT2D eigenvalue weighted by molar-refractivity contribution is -0.138. The second kappa shape index (κ2) is 8.71. The summed E-state index contributed by atoms with van der Waals surface area (Å²) in [7, 11) is 0. The molecule has 0 aliphatic rings. The fourth-order valence-corrected chi connectivity index (χ4v) is 1.59. The van der Waals surface area contributed by atoms with Crippen LogP contribution >= 0.6 is 0 Å². The van der Waals surface area contributed by atoms with Crippen LogP contribution in [0.2, 0.25) is 0 Å². The van der Waals surface area contributed by atoms with E-state index in [4.69, 9.17) is 4.74 Å². The third-order valence-electron chi connectivity index (χ3n) is 2.76. The van der Waals surface area contributed by atoms with Gasteiger partial charge in [0.1, 0.15) is 0 Å². The number of hydrogen-bond acceptors (Lipinski definition) is 6. The molecule has 120 valence electrons. The number of ether oxygens (including phenoxy) is 1. The Bertz CT molecular complexity index is 530. The van der Waals surface area contributed by atoms with Crippen LogP contribution < -0.4 is 5.32 Å². The van der Waals surface area contributed by atoms with Crippen molar-refractivity contribution in [2.45, 2.75) is 20.8 Å². The molecule has 0 aliphatic carbocycles. The molecular weight excluding hydrogens is 288 g/mol. The van der Waals surface area contributed by atoms with Crippen molar-refractivity contribution in [1.82, 2.24) is 20.2 Å². The van der Waals surface area contributed by atoms with Gasteiger partial charge < -0.3 is 15.0 Å². The van der Waals surface area contributed by atoms with Crippen LogP contribution in [0.4, 0.5) is 0 Å². The summed E-state index contributed by atoms with van der Waals surface area (Å²) < 4.78 is 4.89. The third-order valence-corrected chi connectivity index (χ3v) is 2.76. The van der Waals surface area contributed by atoms with Gasteiger partial charge in [-0.15, -0.1) is 0 Å². The molecule has 1 heterocycles. The number of nitrogens with one attached hydrogen (secondary N) is 1. The highest BCUT2D eigenvalue weighted by atomic mass is 16.5. The van der Waals surface area contributed by atoms with E-state index in [0.717, 1.165) is 0 Å². The molecule has 22 heavy (non-hydrogen) atoms. The van der Waals surface area contributed by atoms with Crippen molar-refractivity contribution in [1.29, 1.82) is 0 Å². The first-order valence-electron chi connectivity index (χ1n) is 6.98. The molecule has 0 bridgehead atoms. The lowest BCUT2D eigenvalue weighted by Crippen LogP contribution is -2.42. The minimum absolute atomic E-state index is 0.0326. The van der Waals surface area contributed by atoms with E-state index in [1.54, 1.807) is 20.8 Å². The van der Waals surface area contributed by atoms with Crippen LogP contribution in [0.3, 0.4) is 0 Å². The van der Waals surface area contributed by atoms with Gasteiger partial charge in [0.2, 0.25) is 5.91 Å². The zero-order chi connectivity index (χ0) is 16.5. The monoisotopic (exact) mass is 308 g/mol. The Morgan fingerprint density at radius 2 is 1.95 bits per heavy atom. The number of aromatic nitrogens is 2. The summed E-state index contributed by atoms with van der Waals surface area (Å²) in [5, 5.41) is 2.60. The number of nitrogens with zero attached hydrogens (tertiary/aromatic N) is 3. The van der Waals surface area contributed by atoms with E-state index in [1.807, 2.05) is 0 Å². The molecule has 0 aliphatic heterocycles. The fraction of sp³-hybridized carbons (Fsp3) is 0.500. The van der Waals surface area contributed by atoms with E-state index in [2.05, 4.69) is 15.3 Å². The quantitative estimate of drug-likeness (QED) is 0.707. The lowest BCUT2D eigenvalue weighted by atomic mass is 10.4. The second-order valence-electron chi connectivity index (χ2n) is 4.48. The van der Waals surface area contributed by atoms with Crippen LogP contribution in [-0.2, 0) is 14.3 Å². The Balaban J connectivity index is 2.50. The van der Waals surface area contributed by atoms with Crippen LogP contribution in [-0.4, -0.2) is 58.9 Å². The Morgan fingerprint density at radius 1 is 1.23 bits per heavy atom. The van der Waals surface area contributed by atoms with Crippen LogP contribution in [0.5, 0.6) is 0 Å². The Kier molecular flexibility index (Phi) is 6.94. The van der Waals surface area contributed by atoms with Gasteiger partial charge in [-0.25, -0.2) is 9.78 Å². The van der Waals surface area contributed by atoms with Crippen LogP contribution in [0.15, 0.2) is 12.4 Å². The van der Waals surface area contributed by atoms with Crippen molar-refractivity contribution in [3.63, 3.8) is 0 Å². The summed E-state index contributed by atoms with van der Waals surface area (Å²) in [6.45, 7) is 5.60. The second-order valence-corrected chi connectivity index (χ2v) is 4.48. The summed E-state index contributed by atoms with van der Waals surface area (Å²) in [6, 6.07) is 0. The standard InChI is InChI=1S/C14H20N4O4/c1-4-15-12(19)8-18(5-2)13(20)9-22-14(21)11-7-16-10(3)6-17-11/h6-7H,4-5,8-9H2,1-3H3,(H,15,19). The molecule has 1 N–H and O–H groups in total. The molecule has 1 rings (SSSR count). The molecule has 8 nitrogen and oxygen atoms in total. The molecular formula is C14H20N4O4. The number of rotatable bonds is 7. The molecule has 0 saturated heterocycles. The summed E-state index contributed by atoms with van der Waals surface area (Å²) in [6.07, 6.45) is 2.72. The maximum atomic E-state index is 11.9. The summed E-state index contributed by atoms with van der Waals surface area (Å²) >= 11 is 0.